The van der Waals surface area contributed by atoms with Crippen molar-refractivity contribution in [3.05, 3.63) is 73.1 Å². The summed E-state index contributed by atoms with van der Waals surface area (Å²) in [6, 6.07) is 5.48. The molecule has 0 spiro atoms. The molecule has 0 unspecified atom stereocenters. The van der Waals surface area contributed by atoms with E-state index in [1.807, 2.05) is 19.1 Å². The van der Waals surface area contributed by atoms with Gasteiger partial charge in [0.05, 0.1) is 6.61 Å². The Kier molecular flexibility index (Phi) is 8.00. The Balaban J connectivity index is 0.000000745. The van der Waals surface area contributed by atoms with Gasteiger partial charge in [-0.05, 0) is 41.9 Å². The predicted molar refractivity (Wildman–Crippen MR) is 91.8 cm³/mol. The van der Waals surface area contributed by atoms with Crippen LogP contribution in [0.2, 0.25) is 0 Å². The van der Waals surface area contributed by atoms with E-state index in [1.54, 1.807) is 36.4 Å². The van der Waals surface area contributed by atoms with Gasteiger partial charge >= 0.3 is 7.12 Å². The Morgan fingerprint density at radius 3 is 2.82 bits per heavy atom. The van der Waals surface area contributed by atoms with Gasteiger partial charge in [0, 0.05) is 0 Å². The summed E-state index contributed by atoms with van der Waals surface area (Å²) in [7, 11) is -0.826. The molecule has 4 nitrogen and oxygen atoms in total. The average molecular weight is 299 g/mol. The summed E-state index contributed by atoms with van der Waals surface area (Å²) in [6.45, 7) is 10.3. The van der Waals surface area contributed by atoms with Gasteiger partial charge in [0.15, 0.2) is 0 Å². The molecule has 0 saturated heterocycles. The fraction of sp³-hybridized carbons (Fsp3) is 0.176. The first-order valence-electron chi connectivity index (χ1n) is 7.08. The van der Waals surface area contributed by atoms with Crippen LogP contribution in [0.3, 0.4) is 0 Å². The van der Waals surface area contributed by atoms with Crippen LogP contribution in [-0.2, 0) is 11.3 Å². The summed E-state index contributed by atoms with van der Waals surface area (Å²) in [6.07, 6.45) is 8.68. The second kappa shape index (κ2) is 9.79. The largest absolute Gasteiger partial charge is 0.491 e. The SMILES string of the molecule is C=C/C=C\C(=C/C=C)Oc1ccc2c(c1)COB2O.CCN. The molecule has 3 N–H and O–H groups in total. The lowest BCUT2D eigenvalue weighted by atomic mass is 9.80. The molecule has 5 heteroatoms. The quantitative estimate of drug-likeness (QED) is 0.496. The molecule has 0 aliphatic carbocycles. The van der Waals surface area contributed by atoms with Crippen LogP contribution < -0.4 is 15.9 Å². The zero-order valence-electron chi connectivity index (χ0n) is 12.9. The van der Waals surface area contributed by atoms with Crippen LogP contribution in [0.15, 0.2) is 67.5 Å². The maximum absolute atomic E-state index is 9.54. The highest BCUT2D eigenvalue weighted by Crippen LogP contribution is 2.19. The van der Waals surface area contributed by atoms with Crippen molar-refractivity contribution < 1.29 is 14.4 Å². The summed E-state index contributed by atoms with van der Waals surface area (Å²) in [4.78, 5) is 0. The summed E-state index contributed by atoms with van der Waals surface area (Å²) in [5.41, 5.74) is 6.58. The lowest BCUT2D eigenvalue weighted by Gasteiger charge is -2.07. The molecule has 0 fully saturated rings. The van der Waals surface area contributed by atoms with E-state index < -0.39 is 7.12 Å². The fourth-order valence-electron chi connectivity index (χ4n) is 1.81. The van der Waals surface area contributed by atoms with E-state index in [-0.39, 0.29) is 0 Å². The topological polar surface area (TPSA) is 64.7 Å². The smallest absolute Gasteiger partial charge is 0.457 e. The Hall–Kier alpha value is -2.08. The molecule has 0 amide bonds. The minimum atomic E-state index is -0.826. The molecule has 1 aromatic rings. The van der Waals surface area contributed by atoms with Gasteiger partial charge in [0.2, 0.25) is 0 Å². The van der Waals surface area contributed by atoms with Gasteiger partial charge in [-0.2, -0.15) is 0 Å². The van der Waals surface area contributed by atoms with E-state index in [1.165, 1.54) is 0 Å². The van der Waals surface area contributed by atoms with Crippen molar-refractivity contribution in [3.8, 4) is 5.75 Å². The second-order valence-corrected chi connectivity index (χ2v) is 4.43. The first kappa shape index (κ1) is 18.0. The van der Waals surface area contributed by atoms with E-state index in [2.05, 4.69) is 13.2 Å². The molecular formula is C17H22BNO3. The number of ether oxygens (including phenoxy) is 1. The molecule has 22 heavy (non-hydrogen) atoms. The Morgan fingerprint density at radius 2 is 2.18 bits per heavy atom. The normalized spacial score (nSPS) is 13.4. The average Bonchev–Trinajstić information content (AvgIpc) is 2.87. The maximum Gasteiger partial charge on any atom is 0.491 e. The molecule has 1 heterocycles. The lowest BCUT2D eigenvalue weighted by molar-refractivity contribution is 0.275. The predicted octanol–water partition coefficient (Wildman–Crippen LogP) is 2.06. The standard InChI is InChI=1S/C15H15BO3.C2H7N/c1-3-5-7-13(6-4-2)19-14-8-9-15-12(10-14)11-18-16(15)17;1-2-3/h3-10,17H,1-2,11H2;2-3H2,1H3/b7-5-,13-6+;. The zero-order chi connectivity index (χ0) is 16.4. The van der Waals surface area contributed by atoms with Crippen LogP contribution >= 0.6 is 0 Å². The van der Waals surface area contributed by atoms with Crippen LogP contribution in [0, 0.1) is 0 Å². The fourth-order valence-corrected chi connectivity index (χ4v) is 1.81. The highest BCUT2D eigenvalue weighted by Gasteiger charge is 2.27. The van der Waals surface area contributed by atoms with Gasteiger partial charge in [0.1, 0.15) is 11.5 Å². The van der Waals surface area contributed by atoms with Crippen molar-refractivity contribution in [2.24, 2.45) is 5.73 Å². The van der Waals surface area contributed by atoms with Gasteiger partial charge in [-0.15, -0.1) is 0 Å². The highest BCUT2D eigenvalue weighted by molar-refractivity contribution is 6.61. The van der Waals surface area contributed by atoms with Crippen molar-refractivity contribution in [3.63, 3.8) is 0 Å². The Morgan fingerprint density at radius 1 is 1.45 bits per heavy atom. The molecule has 1 aromatic carbocycles. The summed E-state index contributed by atoms with van der Waals surface area (Å²) in [5.74, 6) is 1.35. The van der Waals surface area contributed by atoms with Crippen LogP contribution in [-0.4, -0.2) is 18.7 Å². The number of benzene rings is 1. The third-order valence-corrected chi connectivity index (χ3v) is 2.69. The molecule has 1 aliphatic rings. The van der Waals surface area contributed by atoms with Crippen LogP contribution in [0.25, 0.3) is 0 Å². The van der Waals surface area contributed by atoms with Crippen LogP contribution in [0.1, 0.15) is 12.5 Å². The highest BCUT2D eigenvalue weighted by atomic mass is 16.5. The first-order chi connectivity index (χ1) is 10.7. The van der Waals surface area contributed by atoms with Crippen LogP contribution in [0.4, 0.5) is 0 Å². The van der Waals surface area contributed by atoms with E-state index in [9.17, 15) is 5.02 Å². The number of allylic oxidation sites excluding steroid dienone is 5. The number of hydrogen-bond acceptors (Lipinski definition) is 4. The minimum absolute atomic E-state index is 0.400. The van der Waals surface area contributed by atoms with Crippen molar-refractivity contribution in [1.82, 2.24) is 0 Å². The Labute approximate surface area is 132 Å². The molecule has 1 aliphatic heterocycles. The van der Waals surface area contributed by atoms with E-state index in [4.69, 9.17) is 15.1 Å². The third kappa shape index (κ3) is 5.37. The summed E-state index contributed by atoms with van der Waals surface area (Å²) >= 11 is 0. The number of hydrogen-bond donors (Lipinski definition) is 2. The van der Waals surface area contributed by atoms with E-state index >= 15 is 0 Å². The van der Waals surface area contributed by atoms with Crippen molar-refractivity contribution in [2.45, 2.75) is 13.5 Å². The molecule has 2 rings (SSSR count). The van der Waals surface area contributed by atoms with Gasteiger partial charge < -0.3 is 20.1 Å². The van der Waals surface area contributed by atoms with Crippen molar-refractivity contribution >= 4 is 12.6 Å². The molecule has 0 bridgehead atoms. The van der Waals surface area contributed by atoms with Crippen molar-refractivity contribution in [2.75, 3.05) is 6.54 Å². The Bertz CT molecular complexity index is 567. The molecule has 0 radical (unpaired) electrons. The van der Waals surface area contributed by atoms with Crippen molar-refractivity contribution in [1.29, 1.82) is 0 Å². The maximum atomic E-state index is 9.54. The van der Waals surface area contributed by atoms with Gasteiger partial charge in [0.25, 0.3) is 0 Å². The lowest BCUT2D eigenvalue weighted by Crippen LogP contribution is -2.27. The van der Waals surface area contributed by atoms with E-state index in [0.717, 1.165) is 17.6 Å². The monoisotopic (exact) mass is 299 g/mol. The number of nitrogens with two attached hydrogens (primary N) is 1. The molecule has 116 valence electrons. The third-order valence-electron chi connectivity index (χ3n) is 2.69. The first-order valence-corrected chi connectivity index (χ1v) is 7.08. The number of rotatable bonds is 5. The summed E-state index contributed by atoms with van der Waals surface area (Å²) in [5, 5.41) is 9.54. The molecular weight excluding hydrogens is 277 g/mol. The van der Waals surface area contributed by atoms with Gasteiger partial charge in [-0.3, -0.25) is 0 Å². The van der Waals surface area contributed by atoms with Gasteiger partial charge in [-0.1, -0.05) is 44.4 Å². The molecule has 0 aromatic heterocycles. The molecule has 0 atom stereocenters. The second-order valence-electron chi connectivity index (χ2n) is 4.43. The summed E-state index contributed by atoms with van der Waals surface area (Å²) < 4.78 is 10.9. The van der Waals surface area contributed by atoms with Gasteiger partial charge in [-0.25, -0.2) is 0 Å². The minimum Gasteiger partial charge on any atom is -0.457 e. The van der Waals surface area contributed by atoms with E-state index in [0.29, 0.717) is 18.1 Å². The molecule has 0 saturated carbocycles. The zero-order valence-corrected chi connectivity index (χ0v) is 12.9. The van der Waals surface area contributed by atoms with Crippen LogP contribution in [0.5, 0.6) is 5.75 Å². The number of fused-ring (bicyclic) bond motifs is 1.